The maximum atomic E-state index is 9.89. The fourth-order valence-electron chi connectivity index (χ4n) is 2.44. The summed E-state index contributed by atoms with van der Waals surface area (Å²) in [6, 6.07) is 0.374. The molecule has 0 aromatic heterocycles. The number of aliphatic hydroxyl groups is 1. The number of nitrogens with zero attached hydrogens (tertiary/aromatic N) is 1. The lowest BCUT2D eigenvalue weighted by molar-refractivity contribution is 0.0257. The molecule has 5 heteroatoms. The Labute approximate surface area is 130 Å². The van der Waals surface area contributed by atoms with Crippen LogP contribution in [-0.2, 0) is 9.47 Å². The van der Waals surface area contributed by atoms with Gasteiger partial charge in [-0.3, -0.25) is 4.90 Å². The van der Waals surface area contributed by atoms with E-state index in [4.69, 9.17) is 9.47 Å². The van der Waals surface area contributed by atoms with Crippen LogP contribution in [0, 0.1) is 5.92 Å². The minimum Gasteiger partial charge on any atom is -0.389 e. The second kappa shape index (κ2) is 11.4. The predicted molar refractivity (Wildman–Crippen MR) is 85.6 cm³/mol. The molecule has 0 spiro atoms. The van der Waals surface area contributed by atoms with Crippen molar-refractivity contribution in [1.82, 2.24) is 10.2 Å². The lowest BCUT2D eigenvalue weighted by atomic mass is 10.1. The lowest BCUT2D eigenvalue weighted by Crippen LogP contribution is -2.46. The van der Waals surface area contributed by atoms with Crippen molar-refractivity contribution in [1.29, 1.82) is 0 Å². The fourth-order valence-corrected chi connectivity index (χ4v) is 2.44. The Morgan fingerprint density at radius 3 is 2.62 bits per heavy atom. The van der Waals surface area contributed by atoms with Gasteiger partial charge in [0.25, 0.3) is 0 Å². The zero-order valence-electron chi connectivity index (χ0n) is 14.0. The molecule has 2 atom stereocenters. The molecule has 1 aliphatic heterocycles. The molecule has 0 aromatic rings. The Balaban J connectivity index is 1.97. The second-order valence-corrected chi connectivity index (χ2v) is 6.49. The molecule has 0 aliphatic carbocycles. The Hall–Kier alpha value is -0.200. The van der Waals surface area contributed by atoms with Crippen LogP contribution in [0.4, 0.5) is 0 Å². The molecule has 1 heterocycles. The van der Waals surface area contributed by atoms with Crippen LogP contribution in [0.1, 0.15) is 33.6 Å². The number of rotatable bonds is 11. The van der Waals surface area contributed by atoms with Crippen molar-refractivity contribution in [3.05, 3.63) is 0 Å². The van der Waals surface area contributed by atoms with E-state index in [-0.39, 0.29) is 0 Å². The summed E-state index contributed by atoms with van der Waals surface area (Å²) >= 11 is 0. The topological polar surface area (TPSA) is 54.0 Å². The van der Waals surface area contributed by atoms with Crippen LogP contribution in [0.25, 0.3) is 0 Å². The summed E-state index contributed by atoms with van der Waals surface area (Å²) < 4.78 is 10.9. The number of ether oxygens (including phenoxy) is 2. The van der Waals surface area contributed by atoms with Gasteiger partial charge in [0.1, 0.15) is 0 Å². The third-order valence-electron chi connectivity index (χ3n) is 3.72. The zero-order valence-corrected chi connectivity index (χ0v) is 14.0. The normalized spacial score (nSPS) is 19.9. The van der Waals surface area contributed by atoms with E-state index in [0.29, 0.717) is 19.2 Å². The van der Waals surface area contributed by atoms with Gasteiger partial charge in [-0.05, 0) is 25.7 Å². The molecular formula is C16H34N2O3. The highest BCUT2D eigenvalue weighted by atomic mass is 16.5. The molecular weight excluding hydrogens is 268 g/mol. The highest BCUT2D eigenvalue weighted by Crippen LogP contribution is 2.03. The second-order valence-electron chi connectivity index (χ2n) is 6.49. The average Bonchev–Trinajstić information content (AvgIpc) is 2.45. The summed E-state index contributed by atoms with van der Waals surface area (Å²) in [6.07, 6.45) is 1.84. The van der Waals surface area contributed by atoms with Crippen molar-refractivity contribution in [2.24, 2.45) is 5.92 Å². The molecule has 0 saturated carbocycles. The van der Waals surface area contributed by atoms with Gasteiger partial charge >= 0.3 is 0 Å². The Morgan fingerprint density at radius 2 is 1.95 bits per heavy atom. The van der Waals surface area contributed by atoms with Crippen molar-refractivity contribution in [3.63, 3.8) is 0 Å². The van der Waals surface area contributed by atoms with Crippen LogP contribution in [0.5, 0.6) is 0 Å². The first kappa shape index (κ1) is 18.8. The fraction of sp³-hybridized carbons (Fsp3) is 1.00. The van der Waals surface area contributed by atoms with Gasteiger partial charge in [0.2, 0.25) is 0 Å². The minimum absolute atomic E-state index is 0.374. The van der Waals surface area contributed by atoms with Gasteiger partial charge in [-0.25, -0.2) is 0 Å². The molecule has 126 valence electrons. The third kappa shape index (κ3) is 10.2. The smallest absolute Gasteiger partial charge is 0.0897 e. The molecule has 1 aliphatic rings. The Morgan fingerprint density at radius 1 is 1.24 bits per heavy atom. The van der Waals surface area contributed by atoms with Crippen LogP contribution < -0.4 is 5.32 Å². The number of morpholine rings is 1. The summed E-state index contributed by atoms with van der Waals surface area (Å²) in [4.78, 5) is 2.40. The van der Waals surface area contributed by atoms with E-state index in [1.807, 2.05) is 0 Å². The maximum absolute atomic E-state index is 9.89. The maximum Gasteiger partial charge on any atom is 0.0897 e. The van der Waals surface area contributed by atoms with Gasteiger partial charge in [-0.1, -0.05) is 13.8 Å². The van der Waals surface area contributed by atoms with E-state index in [0.717, 1.165) is 51.8 Å². The van der Waals surface area contributed by atoms with Crippen LogP contribution in [0.3, 0.4) is 0 Å². The van der Waals surface area contributed by atoms with E-state index in [2.05, 4.69) is 31.0 Å². The average molecular weight is 302 g/mol. The molecule has 1 fully saturated rings. The van der Waals surface area contributed by atoms with Gasteiger partial charge in [0.15, 0.2) is 0 Å². The van der Waals surface area contributed by atoms with E-state index >= 15 is 0 Å². The molecule has 2 N–H and O–H groups in total. The van der Waals surface area contributed by atoms with Gasteiger partial charge in [-0.15, -0.1) is 0 Å². The van der Waals surface area contributed by atoms with Crippen LogP contribution in [0.15, 0.2) is 0 Å². The van der Waals surface area contributed by atoms with E-state index in [1.54, 1.807) is 0 Å². The van der Waals surface area contributed by atoms with Crippen molar-refractivity contribution < 1.29 is 14.6 Å². The monoisotopic (exact) mass is 302 g/mol. The molecule has 2 unspecified atom stereocenters. The molecule has 21 heavy (non-hydrogen) atoms. The Kier molecular flexibility index (Phi) is 10.2. The van der Waals surface area contributed by atoms with Gasteiger partial charge in [0, 0.05) is 38.8 Å². The SMILES string of the molecule is CC(C)CCCOCC(O)CNC(C)CN1CCOCC1. The highest BCUT2D eigenvalue weighted by molar-refractivity contribution is 4.71. The summed E-state index contributed by atoms with van der Waals surface area (Å²) in [5.74, 6) is 0.723. The largest absolute Gasteiger partial charge is 0.389 e. The van der Waals surface area contributed by atoms with E-state index in [1.165, 1.54) is 6.42 Å². The molecule has 0 aromatic carbocycles. The first-order valence-electron chi connectivity index (χ1n) is 8.37. The highest BCUT2D eigenvalue weighted by Gasteiger charge is 2.14. The molecule has 1 rings (SSSR count). The quantitative estimate of drug-likeness (QED) is 0.560. The summed E-state index contributed by atoms with van der Waals surface area (Å²) in [5.41, 5.74) is 0. The van der Waals surface area contributed by atoms with Crippen molar-refractivity contribution in [2.75, 3.05) is 52.6 Å². The summed E-state index contributed by atoms with van der Waals surface area (Å²) in [6.45, 7) is 13.0. The van der Waals surface area contributed by atoms with Crippen LogP contribution >= 0.6 is 0 Å². The summed E-state index contributed by atoms with van der Waals surface area (Å²) in [7, 11) is 0. The molecule has 1 saturated heterocycles. The predicted octanol–water partition coefficient (Wildman–Crippen LogP) is 1.11. The van der Waals surface area contributed by atoms with Crippen LogP contribution in [0.2, 0.25) is 0 Å². The Bertz CT molecular complexity index is 246. The third-order valence-corrected chi connectivity index (χ3v) is 3.72. The first-order chi connectivity index (χ1) is 10.1. The number of nitrogens with one attached hydrogen (secondary N) is 1. The first-order valence-corrected chi connectivity index (χ1v) is 8.37. The lowest BCUT2D eigenvalue weighted by Gasteiger charge is -2.29. The van der Waals surface area contributed by atoms with Gasteiger partial charge in [-0.2, -0.15) is 0 Å². The van der Waals surface area contributed by atoms with E-state index in [9.17, 15) is 5.11 Å². The van der Waals surface area contributed by atoms with Crippen LogP contribution in [-0.4, -0.2) is 74.8 Å². The molecule has 5 nitrogen and oxygen atoms in total. The minimum atomic E-state index is -0.420. The van der Waals surface area contributed by atoms with Gasteiger partial charge in [0.05, 0.1) is 25.9 Å². The number of hydrogen-bond acceptors (Lipinski definition) is 5. The molecule has 0 bridgehead atoms. The number of hydrogen-bond donors (Lipinski definition) is 2. The van der Waals surface area contributed by atoms with Gasteiger partial charge < -0.3 is 19.9 Å². The molecule has 0 amide bonds. The number of aliphatic hydroxyl groups excluding tert-OH is 1. The van der Waals surface area contributed by atoms with Crippen molar-refractivity contribution >= 4 is 0 Å². The zero-order chi connectivity index (χ0) is 15.5. The standard InChI is InChI=1S/C16H34N2O3/c1-14(2)5-4-8-21-13-16(19)11-17-15(3)12-18-6-9-20-10-7-18/h14-17,19H,4-13H2,1-3H3. The molecule has 0 radical (unpaired) electrons. The van der Waals surface area contributed by atoms with E-state index < -0.39 is 6.10 Å². The summed E-state index contributed by atoms with van der Waals surface area (Å²) in [5, 5.41) is 13.3. The van der Waals surface area contributed by atoms with Crippen molar-refractivity contribution in [3.8, 4) is 0 Å². The van der Waals surface area contributed by atoms with Crippen molar-refractivity contribution in [2.45, 2.75) is 45.8 Å².